The first kappa shape index (κ1) is 17.6. The van der Waals surface area contributed by atoms with Gasteiger partial charge in [0.2, 0.25) is 0 Å². The fourth-order valence-corrected chi connectivity index (χ4v) is 1.48. The molecule has 0 aliphatic heterocycles. The predicted octanol–water partition coefficient (Wildman–Crippen LogP) is 1.49. The topological polar surface area (TPSA) is 47.8 Å². The molecule has 0 aliphatic rings. The van der Waals surface area contributed by atoms with Crippen molar-refractivity contribution in [2.24, 2.45) is 10.2 Å². The van der Waals surface area contributed by atoms with Crippen molar-refractivity contribution in [3.05, 3.63) is 35.9 Å². The van der Waals surface area contributed by atoms with E-state index in [0.29, 0.717) is 11.0 Å². The van der Waals surface area contributed by atoms with Crippen molar-refractivity contribution in [2.45, 2.75) is 12.8 Å². The van der Waals surface area contributed by atoms with Crippen LogP contribution in [-0.2, 0) is 6.42 Å². The van der Waals surface area contributed by atoms with E-state index >= 15 is 0 Å². The van der Waals surface area contributed by atoms with E-state index in [0.717, 1.165) is 12.8 Å². The molecule has 0 fully saturated rings. The van der Waals surface area contributed by atoms with Gasteiger partial charge in [0.15, 0.2) is 0 Å². The van der Waals surface area contributed by atoms with Gasteiger partial charge in [-0.3, -0.25) is 0 Å². The molecule has 1 aromatic rings. The zero-order valence-electron chi connectivity index (χ0n) is 11.7. The van der Waals surface area contributed by atoms with Crippen LogP contribution in [0.15, 0.2) is 40.5 Å². The molecule has 1 aromatic carbocycles. The van der Waals surface area contributed by atoms with Crippen LogP contribution in [0.4, 0.5) is 0 Å². The summed E-state index contributed by atoms with van der Waals surface area (Å²) in [6.07, 6.45) is 3.41. The Morgan fingerprint density at radius 2 is 1.84 bits per heavy atom. The number of likely N-dealkylation sites (N-methyl/N-ethyl adjacent to an activating group) is 1. The number of hydrogen-bond acceptors (Lipinski definition) is 3. The van der Waals surface area contributed by atoms with Gasteiger partial charge in [-0.2, -0.15) is 10.2 Å². The van der Waals surface area contributed by atoms with Gasteiger partial charge in [-0.1, -0.05) is 30.3 Å². The normalized spacial score (nSPS) is 12.5. The lowest BCUT2D eigenvalue weighted by molar-refractivity contribution is -0.863. The average molecular weight is 284 g/mol. The first-order valence-electron chi connectivity index (χ1n) is 6.07. The Bertz CT molecular complexity index is 410. The summed E-state index contributed by atoms with van der Waals surface area (Å²) in [5, 5.41) is 18.9. The zero-order valence-corrected chi connectivity index (χ0v) is 12.6. The van der Waals surface area contributed by atoms with Crippen LogP contribution in [0.2, 0.25) is 0 Å². The SMILES string of the molecule is C[N+](C)(C)C/C([O-])=N/N=C/CCc1ccccc1.Cl. The molecule has 0 aliphatic carbocycles. The van der Waals surface area contributed by atoms with Crippen LogP contribution in [0.1, 0.15) is 12.0 Å². The molecule has 106 valence electrons. The Labute approximate surface area is 121 Å². The molecule has 0 atom stereocenters. The highest BCUT2D eigenvalue weighted by molar-refractivity contribution is 5.85. The lowest BCUT2D eigenvalue weighted by Gasteiger charge is -2.25. The predicted molar refractivity (Wildman–Crippen MR) is 80.8 cm³/mol. The molecule has 0 saturated carbocycles. The highest BCUT2D eigenvalue weighted by Crippen LogP contribution is 2.00. The van der Waals surface area contributed by atoms with Crippen molar-refractivity contribution in [1.29, 1.82) is 0 Å². The molecule has 0 bridgehead atoms. The molecule has 5 heteroatoms. The minimum atomic E-state index is -0.182. The second-order valence-corrected chi connectivity index (χ2v) is 5.26. The number of aryl methyl sites for hydroxylation is 1. The Hall–Kier alpha value is -1.39. The quantitative estimate of drug-likeness (QED) is 0.338. The summed E-state index contributed by atoms with van der Waals surface area (Å²) in [6.45, 7) is 0.371. The maximum atomic E-state index is 11.4. The molecule has 0 unspecified atom stereocenters. The fourth-order valence-electron chi connectivity index (χ4n) is 1.48. The zero-order chi connectivity index (χ0) is 13.4. The Kier molecular flexibility index (Phi) is 8.03. The number of hydrogen-bond donors (Lipinski definition) is 0. The second kappa shape index (κ2) is 8.67. The first-order valence-corrected chi connectivity index (χ1v) is 6.07. The van der Waals surface area contributed by atoms with Crippen LogP contribution >= 0.6 is 12.4 Å². The summed E-state index contributed by atoms with van der Waals surface area (Å²) >= 11 is 0. The Morgan fingerprint density at radius 1 is 1.21 bits per heavy atom. The van der Waals surface area contributed by atoms with Gasteiger partial charge >= 0.3 is 0 Å². The van der Waals surface area contributed by atoms with Gasteiger partial charge in [0.05, 0.1) is 21.1 Å². The lowest BCUT2D eigenvalue weighted by Crippen LogP contribution is -2.43. The molecular weight excluding hydrogens is 262 g/mol. The monoisotopic (exact) mass is 283 g/mol. The van der Waals surface area contributed by atoms with Gasteiger partial charge in [-0.05, 0) is 18.4 Å². The van der Waals surface area contributed by atoms with E-state index in [1.165, 1.54) is 5.56 Å². The molecule has 0 N–H and O–H groups in total. The fraction of sp³-hybridized carbons (Fsp3) is 0.429. The highest BCUT2D eigenvalue weighted by Gasteiger charge is 2.04. The van der Waals surface area contributed by atoms with Gasteiger partial charge in [0.1, 0.15) is 6.54 Å². The second-order valence-electron chi connectivity index (χ2n) is 5.26. The van der Waals surface area contributed by atoms with Gasteiger partial charge in [0, 0.05) is 12.1 Å². The summed E-state index contributed by atoms with van der Waals surface area (Å²) in [5.41, 5.74) is 1.27. The van der Waals surface area contributed by atoms with Crippen molar-refractivity contribution in [2.75, 3.05) is 27.7 Å². The summed E-state index contributed by atoms with van der Waals surface area (Å²) < 4.78 is 0.571. The number of halogens is 1. The maximum Gasteiger partial charge on any atom is 0.109 e. The molecule has 19 heavy (non-hydrogen) atoms. The third-order valence-electron chi connectivity index (χ3n) is 2.27. The van der Waals surface area contributed by atoms with Crippen molar-refractivity contribution in [1.82, 2.24) is 0 Å². The van der Waals surface area contributed by atoms with E-state index in [-0.39, 0.29) is 18.3 Å². The van der Waals surface area contributed by atoms with E-state index in [1.807, 2.05) is 39.3 Å². The first-order chi connectivity index (χ1) is 8.47. The summed E-state index contributed by atoms with van der Waals surface area (Å²) in [7, 11) is 5.85. The van der Waals surface area contributed by atoms with Gasteiger partial charge in [-0.25, -0.2) is 0 Å². The number of benzene rings is 1. The maximum absolute atomic E-state index is 11.4. The van der Waals surface area contributed by atoms with Crippen molar-refractivity contribution >= 4 is 24.5 Å². The van der Waals surface area contributed by atoms with Crippen LogP contribution in [0, 0.1) is 0 Å². The molecule has 0 aromatic heterocycles. The van der Waals surface area contributed by atoms with Crippen LogP contribution in [0.3, 0.4) is 0 Å². The number of quaternary nitrogens is 1. The van der Waals surface area contributed by atoms with Gasteiger partial charge in [-0.15, -0.1) is 12.4 Å². The van der Waals surface area contributed by atoms with Crippen LogP contribution in [-0.4, -0.2) is 44.3 Å². The van der Waals surface area contributed by atoms with Crippen LogP contribution in [0.25, 0.3) is 0 Å². The van der Waals surface area contributed by atoms with E-state index in [1.54, 1.807) is 6.21 Å². The largest absolute Gasteiger partial charge is 0.857 e. The van der Waals surface area contributed by atoms with Gasteiger partial charge in [0.25, 0.3) is 0 Å². The molecule has 1 rings (SSSR count). The minimum Gasteiger partial charge on any atom is -0.857 e. The summed E-state index contributed by atoms with van der Waals surface area (Å²) in [6, 6.07) is 10.2. The Balaban J connectivity index is 0.00000324. The molecule has 0 heterocycles. The lowest BCUT2D eigenvalue weighted by atomic mass is 10.1. The standard InChI is InChI=1S/C14H21N3O.ClH/c1-17(2,3)12-14(18)16-15-11-7-10-13-8-5-4-6-9-13;/h4-6,8-9,11H,7,10,12H2,1-3H3;1H/b15-11+;. The third-order valence-corrected chi connectivity index (χ3v) is 2.27. The van der Waals surface area contributed by atoms with Crippen LogP contribution < -0.4 is 5.11 Å². The molecule has 0 saturated heterocycles. The molecule has 0 amide bonds. The summed E-state index contributed by atoms with van der Waals surface area (Å²) in [5.74, 6) is -0.182. The molecular formula is C14H22ClN3O. The Morgan fingerprint density at radius 3 is 2.42 bits per heavy atom. The minimum absolute atomic E-state index is 0. The van der Waals surface area contributed by atoms with Crippen molar-refractivity contribution in [3.63, 3.8) is 0 Å². The van der Waals surface area contributed by atoms with Crippen molar-refractivity contribution in [3.8, 4) is 0 Å². The van der Waals surface area contributed by atoms with Crippen LogP contribution in [0.5, 0.6) is 0 Å². The third kappa shape index (κ3) is 9.22. The number of rotatable bonds is 6. The number of nitrogens with zero attached hydrogens (tertiary/aromatic N) is 3. The van der Waals surface area contributed by atoms with E-state index in [9.17, 15) is 5.11 Å². The average Bonchev–Trinajstić information content (AvgIpc) is 2.27. The molecule has 0 spiro atoms. The molecule has 4 nitrogen and oxygen atoms in total. The summed E-state index contributed by atoms with van der Waals surface area (Å²) in [4.78, 5) is 0. The van der Waals surface area contributed by atoms with E-state index in [4.69, 9.17) is 0 Å². The highest BCUT2D eigenvalue weighted by atomic mass is 35.5. The van der Waals surface area contributed by atoms with Gasteiger partial charge < -0.3 is 9.59 Å². The van der Waals surface area contributed by atoms with E-state index in [2.05, 4.69) is 22.3 Å². The van der Waals surface area contributed by atoms with E-state index < -0.39 is 0 Å². The molecule has 0 radical (unpaired) electrons. The smallest absolute Gasteiger partial charge is 0.109 e. The van der Waals surface area contributed by atoms with Crippen molar-refractivity contribution < 1.29 is 9.59 Å².